The van der Waals surface area contributed by atoms with Gasteiger partial charge in [-0.1, -0.05) is 5.21 Å². The van der Waals surface area contributed by atoms with Crippen LogP contribution in [0, 0.1) is 5.82 Å². The highest BCUT2D eigenvalue weighted by atomic mass is 19.1. The molecule has 1 aliphatic rings. The maximum Gasteiger partial charge on any atom is 0.187 e. The van der Waals surface area contributed by atoms with E-state index in [1.807, 2.05) is 0 Å². The number of benzene rings is 1. The van der Waals surface area contributed by atoms with Gasteiger partial charge in [0.05, 0.1) is 25.1 Å². The van der Waals surface area contributed by atoms with Gasteiger partial charge in [-0.2, -0.15) is 0 Å². The lowest BCUT2D eigenvalue weighted by Gasteiger charge is -2.39. The van der Waals surface area contributed by atoms with E-state index in [4.69, 9.17) is 14.6 Å². The molecule has 1 aliphatic heterocycles. The fourth-order valence-corrected chi connectivity index (χ4v) is 2.46. The van der Waals surface area contributed by atoms with Crippen LogP contribution in [0.25, 0.3) is 5.69 Å². The van der Waals surface area contributed by atoms with E-state index in [0.717, 1.165) is 0 Å². The smallest absolute Gasteiger partial charge is 0.187 e. The molecule has 136 valence electrons. The summed E-state index contributed by atoms with van der Waals surface area (Å²) in [5.41, 5.74) is 1.01. The number of ether oxygens (including phenoxy) is 2. The van der Waals surface area contributed by atoms with Gasteiger partial charge in [-0.15, -0.1) is 5.10 Å². The Bertz CT molecular complexity index is 695. The van der Waals surface area contributed by atoms with Gasteiger partial charge in [-0.3, -0.25) is 0 Å². The molecule has 4 N–H and O–H groups in total. The first-order chi connectivity index (χ1) is 12.0. The van der Waals surface area contributed by atoms with Gasteiger partial charge in [0.15, 0.2) is 6.29 Å². The maximum atomic E-state index is 12.9. The minimum atomic E-state index is -1.51. The number of aliphatic hydroxyl groups excluding tert-OH is 4. The van der Waals surface area contributed by atoms with Gasteiger partial charge in [0, 0.05) is 0 Å². The third-order valence-corrected chi connectivity index (χ3v) is 3.88. The Labute approximate surface area is 141 Å². The molecule has 5 atom stereocenters. The molecule has 25 heavy (non-hydrogen) atoms. The highest BCUT2D eigenvalue weighted by Crippen LogP contribution is 2.22. The van der Waals surface area contributed by atoms with Gasteiger partial charge in [-0.25, -0.2) is 9.07 Å². The lowest BCUT2D eigenvalue weighted by atomic mass is 9.99. The standard InChI is InChI=1S/C15H18FN3O6/c16-8-1-3-10(4-2-8)19-5-9(17-18-19)7-24-15-14(23)13(22)12(21)11(6-20)25-15/h1-5,11-15,20-23H,6-7H2/t11-,12-,13+,14+,15+/m1/s1. The van der Waals surface area contributed by atoms with Crippen molar-refractivity contribution in [1.29, 1.82) is 0 Å². The zero-order valence-corrected chi connectivity index (χ0v) is 13.0. The first kappa shape index (κ1) is 17.9. The van der Waals surface area contributed by atoms with Gasteiger partial charge in [0.1, 0.15) is 35.9 Å². The summed E-state index contributed by atoms with van der Waals surface area (Å²) in [5.74, 6) is -0.366. The highest BCUT2D eigenvalue weighted by Gasteiger charge is 2.44. The van der Waals surface area contributed by atoms with E-state index in [2.05, 4.69) is 10.3 Å². The fourth-order valence-electron chi connectivity index (χ4n) is 2.46. The monoisotopic (exact) mass is 355 g/mol. The SMILES string of the molecule is OC[C@H]1O[C@H](OCc2cn(-c3ccc(F)cc3)nn2)[C@@H](O)[C@@H](O)[C@@H]1O. The summed E-state index contributed by atoms with van der Waals surface area (Å²) in [6.07, 6.45) is -5.17. The lowest BCUT2D eigenvalue weighted by molar-refractivity contribution is -0.304. The predicted octanol–water partition coefficient (Wildman–Crippen LogP) is -1.28. The second-order valence-electron chi connectivity index (χ2n) is 5.64. The minimum absolute atomic E-state index is 0.0934. The van der Waals surface area contributed by atoms with Gasteiger partial charge in [0.2, 0.25) is 0 Å². The van der Waals surface area contributed by atoms with Crippen molar-refractivity contribution in [3.63, 3.8) is 0 Å². The molecule has 0 radical (unpaired) electrons. The zero-order valence-electron chi connectivity index (χ0n) is 13.0. The summed E-state index contributed by atoms with van der Waals surface area (Å²) < 4.78 is 25.0. The molecule has 2 heterocycles. The Hall–Kier alpha value is -1.95. The summed E-state index contributed by atoms with van der Waals surface area (Å²) in [4.78, 5) is 0. The normalized spacial score (nSPS) is 29.7. The third kappa shape index (κ3) is 3.84. The number of hydrogen-bond donors (Lipinski definition) is 4. The molecular formula is C15H18FN3O6. The molecule has 1 aromatic carbocycles. The molecule has 3 rings (SSSR count). The Kier molecular flexibility index (Phi) is 5.37. The molecule has 1 saturated heterocycles. The van der Waals surface area contributed by atoms with E-state index in [1.165, 1.54) is 28.9 Å². The topological polar surface area (TPSA) is 130 Å². The van der Waals surface area contributed by atoms with E-state index in [0.29, 0.717) is 11.4 Å². The molecule has 10 heteroatoms. The van der Waals surface area contributed by atoms with E-state index < -0.39 is 37.3 Å². The quantitative estimate of drug-likeness (QED) is 0.522. The molecule has 1 fully saturated rings. The van der Waals surface area contributed by atoms with E-state index in [1.54, 1.807) is 6.20 Å². The Morgan fingerprint density at radius 2 is 1.84 bits per heavy atom. The third-order valence-electron chi connectivity index (χ3n) is 3.88. The van der Waals surface area contributed by atoms with Crippen LogP contribution in [0.3, 0.4) is 0 Å². The Morgan fingerprint density at radius 3 is 2.52 bits per heavy atom. The molecule has 0 amide bonds. The van der Waals surface area contributed by atoms with Crippen LogP contribution in [0.5, 0.6) is 0 Å². The summed E-state index contributed by atoms with van der Waals surface area (Å²) in [5, 5.41) is 46.2. The maximum absolute atomic E-state index is 12.9. The number of rotatable bonds is 5. The first-order valence-electron chi connectivity index (χ1n) is 7.59. The summed E-state index contributed by atoms with van der Waals surface area (Å²) in [7, 11) is 0. The number of halogens is 1. The van der Waals surface area contributed by atoms with Crippen LogP contribution in [0.15, 0.2) is 30.5 Å². The second-order valence-corrected chi connectivity index (χ2v) is 5.64. The van der Waals surface area contributed by atoms with Crippen molar-refractivity contribution in [3.05, 3.63) is 42.0 Å². The van der Waals surface area contributed by atoms with Crippen molar-refractivity contribution in [2.45, 2.75) is 37.3 Å². The molecule has 0 unspecified atom stereocenters. The van der Waals surface area contributed by atoms with E-state index in [9.17, 15) is 19.7 Å². The molecule has 0 bridgehead atoms. The summed E-state index contributed by atoms with van der Waals surface area (Å²) in [6, 6.07) is 5.65. The Balaban J connectivity index is 1.63. The van der Waals surface area contributed by atoms with Crippen molar-refractivity contribution in [2.75, 3.05) is 6.61 Å². The predicted molar refractivity (Wildman–Crippen MR) is 79.9 cm³/mol. The average Bonchev–Trinajstić information content (AvgIpc) is 3.09. The van der Waals surface area contributed by atoms with Crippen molar-refractivity contribution >= 4 is 0 Å². The van der Waals surface area contributed by atoms with Crippen LogP contribution < -0.4 is 0 Å². The molecular weight excluding hydrogens is 337 g/mol. The van der Waals surface area contributed by atoms with Gasteiger partial charge < -0.3 is 29.9 Å². The zero-order chi connectivity index (χ0) is 18.0. The van der Waals surface area contributed by atoms with Crippen molar-refractivity contribution < 1.29 is 34.3 Å². The molecule has 0 saturated carbocycles. The number of hydrogen-bond acceptors (Lipinski definition) is 8. The Morgan fingerprint density at radius 1 is 1.12 bits per heavy atom. The van der Waals surface area contributed by atoms with E-state index in [-0.39, 0.29) is 12.4 Å². The minimum Gasteiger partial charge on any atom is -0.394 e. The molecule has 0 aliphatic carbocycles. The van der Waals surface area contributed by atoms with Crippen LogP contribution in [0.4, 0.5) is 4.39 Å². The number of nitrogens with zero attached hydrogens (tertiary/aromatic N) is 3. The van der Waals surface area contributed by atoms with Gasteiger partial charge in [0.25, 0.3) is 0 Å². The van der Waals surface area contributed by atoms with Gasteiger partial charge >= 0.3 is 0 Å². The largest absolute Gasteiger partial charge is 0.394 e. The van der Waals surface area contributed by atoms with Crippen LogP contribution >= 0.6 is 0 Å². The van der Waals surface area contributed by atoms with Crippen molar-refractivity contribution in [1.82, 2.24) is 15.0 Å². The molecule has 0 spiro atoms. The highest BCUT2D eigenvalue weighted by molar-refractivity contribution is 5.30. The molecule has 1 aromatic heterocycles. The summed E-state index contributed by atoms with van der Waals surface area (Å²) in [6.45, 7) is -0.630. The van der Waals surface area contributed by atoms with E-state index >= 15 is 0 Å². The van der Waals surface area contributed by atoms with Crippen LogP contribution in [0.2, 0.25) is 0 Å². The number of aromatic nitrogens is 3. The van der Waals surface area contributed by atoms with Crippen molar-refractivity contribution in [2.24, 2.45) is 0 Å². The summed E-state index contributed by atoms with van der Waals surface area (Å²) >= 11 is 0. The van der Waals surface area contributed by atoms with Crippen LogP contribution in [-0.4, -0.2) is 72.7 Å². The molecule has 9 nitrogen and oxygen atoms in total. The fraction of sp³-hybridized carbons (Fsp3) is 0.467. The lowest BCUT2D eigenvalue weighted by Crippen LogP contribution is -2.59. The average molecular weight is 355 g/mol. The first-order valence-corrected chi connectivity index (χ1v) is 7.59. The van der Waals surface area contributed by atoms with Crippen LogP contribution in [-0.2, 0) is 16.1 Å². The second kappa shape index (κ2) is 7.52. The number of aliphatic hydroxyl groups is 4. The molecule has 2 aromatic rings. The van der Waals surface area contributed by atoms with Crippen molar-refractivity contribution in [3.8, 4) is 5.69 Å². The van der Waals surface area contributed by atoms with Crippen LogP contribution in [0.1, 0.15) is 5.69 Å². The van der Waals surface area contributed by atoms with Gasteiger partial charge in [-0.05, 0) is 24.3 Å².